The molecule has 0 spiro atoms. The number of carbonyl (C=O) groups is 1. The van der Waals surface area contributed by atoms with Crippen molar-refractivity contribution in [1.29, 1.82) is 0 Å². The normalized spacial score (nSPS) is 17.0. The summed E-state index contributed by atoms with van der Waals surface area (Å²) in [6.07, 6.45) is 2.26. The lowest BCUT2D eigenvalue weighted by Gasteiger charge is -2.31. The quantitative estimate of drug-likeness (QED) is 0.794. The van der Waals surface area contributed by atoms with Crippen LogP contribution in [0.2, 0.25) is 0 Å². The van der Waals surface area contributed by atoms with Crippen LogP contribution in [0.4, 0.5) is 11.5 Å². The first kappa shape index (κ1) is 15.6. The second-order valence-corrected chi connectivity index (χ2v) is 6.42. The smallest absolute Gasteiger partial charge is 0.227 e. The first-order valence-corrected chi connectivity index (χ1v) is 8.30. The number of anilines is 2. The Balaban J connectivity index is 1.64. The number of aromatic nitrogens is 4. The number of rotatable bonds is 3. The second-order valence-electron chi connectivity index (χ2n) is 6.42. The lowest BCUT2D eigenvalue weighted by atomic mass is 9.89. The van der Waals surface area contributed by atoms with Gasteiger partial charge >= 0.3 is 0 Å². The van der Waals surface area contributed by atoms with Crippen LogP contribution < -0.4 is 10.2 Å². The maximum absolute atomic E-state index is 12.3. The largest absolute Gasteiger partial charge is 0.369 e. The van der Waals surface area contributed by atoms with Gasteiger partial charge in [-0.25, -0.2) is 9.97 Å². The van der Waals surface area contributed by atoms with Crippen molar-refractivity contribution in [3.05, 3.63) is 41.9 Å². The molecule has 7 heteroatoms. The minimum absolute atomic E-state index is 0.113. The molecule has 2 aromatic heterocycles. The molecule has 0 fully saturated rings. The topological polar surface area (TPSA) is 75.9 Å². The van der Waals surface area contributed by atoms with Gasteiger partial charge in [0.05, 0.1) is 11.6 Å². The zero-order chi connectivity index (χ0) is 17.6. The first-order valence-electron chi connectivity index (χ1n) is 8.30. The third kappa shape index (κ3) is 2.61. The number of nitrogens with one attached hydrogen (secondary N) is 1. The van der Waals surface area contributed by atoms with Crippen molar-refractivity contribution < 1.29 is 4.79 Å². The number of fused-ring (bicyclic) bond motifs is 2. The van der Waals surface area contributed by atoms with Crippen LogP contribution in [-0.4, -0.2) is 39.2 Å². The fourth-order valence-electron chi connectivity index (χ4n) is 3.40. The summed E-state index contributed by atoms with van der Waals surface area (Å²) in [5, 5.41) is 8.57. The van der Waals surface area contributed by atoms with E-state index in [0.717, 1.165) is 22.5 Å². The van der Waals surface area contributed by atoms with Crippen LogP contribution in [0.5, 0.6) is 0 Å². The number of aryl methyl sites for hydroxylation is 2. The summed E-state index contributed by atoms with van der Waals surface area (Å²) >= 11 is 0. The summed E-state index contributed by atoms with van der Waals surface area (Å²) in [5.41, 5.74) is 2.97. The molecule has 0 bridgehead atoms. The van der Waals surface area contributed by atoms with E-state index in [1.165, 1.54) is 5.56 Å². The molecule has 1 amide bonds. The van der Waals surface area contributed by atoms with Gasteiger partial charge < -0.3 is 10.2 Å². The molecular weight excluding hydrogens is 316 g/mol. The number of benzene rings is 1. The number of nitrogens with zero attached hydrogens (tertiary/aromatic N) is 5. The molecule has 0 saturated carbocycles. The lowest BCUT2D eigenvalue weighted by molar-refractivity contribution is -0.119. The summed E-state index contributed by atoms with van der Waals surface area (Å²) < 4.78 is 1.74. The fourth-order valence-corrected chi connectivity index (χ4v) is 3.40. The van der Waals surface area contributed by atoms with Gasteiger partial charge in [-0.15, -0.1) is 0 Å². The standard InChI is InChI=1S/C18H20N6O/c1-11-21-17(14-10-20-24(3)18(14)22-11)19-9-12-8-16(25)23(2)15-7-5-4-6-13(12)15/h4-7,10,12H,8-9H2,1-3H3,(H,19,21,22)/t12-/m1/s1. The fraction of sp³-hybridized carbons (Fsp3) is 0.333. The molecule has 128 valence electrons. The van der Waals surface area contributed by atoms with E-state index in [1.807, 2.05) is 39.2 Å². The zero-order valence-corrected chi connectivity index (χ0v) is 14.5. The Morgan fingerprint density at radius 2 is 2.04 bits per heavy atom. The minimum Gasteiger partial charge on any atom is -0.369 e. The average Bonchev–Trinajstić information content (AvgIpc) is 2.98. The van der Waals surface area contributed by atoms with E-state index in [4.69, 9.17) is 0 Å². The first-order chi connectivity index (χ1) is 12.0. The third-order valence-electron chi connectivity index (χ3n) is 4.75. The highest BCUT2D eigenvalue weighted by molar-refractivity contribution is 5.96. The SMILES string of the molecule is Cc1nc(NC[C@H]2CC(=O)N(C)c3ccccc32)c2cnn(C)c2n1. The highest BCUT2D eigenvalue weighted by atomic mass is 16.2. The van der Waals surface area contributed by atoms with Crippen molar-refractivity contribution in [2.24, 2.45) is 7.05 Å². The van der Waals surface area contributed by atoms with E-state index in [1.54, 1.807) is 15.8 Å². The number of hydrogen-bond donors (Lipinski definition) is 1. The van der Waals surface area contributed by atoms with Crippen LogP contribution in [0.15, 0.2) is 30.5 Å². The second kappa shape index (κ2) is 5.84. The molecule has 1 N–H and O–H groups in total. The molecule has 3 heterocycles. The molecule has 0 unspecified atom stereocenters. The Hall–Kier alpha value is -2.96. The van der Waals surface area contributed by atoms with Gasteiger partial charge in [-0.3, -0.25) is 9.48 Å². The number of para-hydroxylation sites is 1. The number of amides is 1. The van der Waals surface area contributed by atoms with Crippen molar-refractivity contribution in [2.45, 2.75) is 19.3 Å². The van der Waals surface area contributed by atoms with Crippen LogP contribution in [0, 0.1) is 6.92 Å². The van der Waals surface area contributed by atoms with Gasteiger partial charge in [0, 0.05) is 38.7 Å². The summed E-state index contributed by atoms with van der Waals surface area (Å²) in [4.78, 5) is 23.0. The molecule has 3 aromatic rings. The van der Waals surface area contributed by atoms with Crippen LogP contribution >= 0.6 is 0 Å². The summed E-state index contributed by atoms with van der Waals surface area (Å²) in [7, 11) is 3.70. The molecule has 25 heavy (non-hydrogen) atoms. The molecule has 0 aliphatic carbocycles. The van der Waals surface area contributed by atoms with Crippen molar-refractivity contribution in [3.8, 4) is 0 Å². The Morgan fingerprint density at radius 3 is 2.88 bits per heavy atom. The predicted molar refractivity (Wildman–Crippen MR) is 96.7 cm³/mol. The molecule has 1 aliphatic rings. The molecule has 1 aliphatic heterocycles. The highest BCUT2D eigenvalue weighted by Crippen LogP contribution is 2.35. The van der Waals surface area contributed by atoms with Crippen molar-refractivity contribution >= 4 is 28.4 Å². The van der Waals surface area contributed by atoms with Gasteiger partial charge in [-0.1, -0.05) is 18.2 Å². The molecule has 1 aromatic carbocycles. The average molecular weight is 336 g/mol. The molecule has 4 rings (SSSR count). The van der Waals surface area contributed by atoms with Crippen molar-refractivity contribution in [1.82, 2.24) is 19.7 Å². The van der Waals surface area contributed by atoms with Crippen molar-refractivity contribution in [2.75, 3.05) is 23.8 Å². The van der Waals surface area contributed by atoms with E-state index in [0.29, 0.717) is 18.8 Å². The van der Waals surface area contributed by atoms with Gasteiger partial charge in [-0.2, -0.15) is 5.10 Å². The van der Waals surface area contributed by atoms with E-state index in [2.05, 4.69) is 26.4 Å². The minimum atomic E-state index is 0.113. The van der Waals surface area contributed by atoms with Crippen LogP contribution in [0.1, 0.15) is 23.7 Å². The van der Waals surface area contributed by atoms with Gasteiger partial charge in [0.15, 0.2) is 5.65 Å². The Kier molecular flexibility index (Phi) is 3.63. The van der Waals surface area contributed by atoms with Crippen LogP contribution in [0.25, 0.3) is 11.0 Å². The van der Waals surface area contributed by atoms with E-state index < -0.39 is 0 Å². The molecular formula is C18H20N6O. The molecule has 0 saturated heterocycles. The Morgan fingerprint density at radius 1 is 1.24 bits per heavy atom. The predicted octanol–water partition coefficient (Wildman–Crippen LogP) is 2.23. The maximum Gasteiger partial charge on any atom is 0.227 e. The summed E-state index contributed by atoms with van der Waals surface area (Å²) in [6, 6.07) is 8.07. The van der Waals surface area contributed by atoms with Gasteiger partial charge in [0.2, 0.25) is 5.91 Å². The zero-order valence-electron chi connectivity index (χ0n) is 14.5. The maximum atomic E-state index is 12.3. The molecule has 7 nitrogen and oxygen atoms in total. The van der Waals surface area contributed by atoms with Crippen molar-refractivity contribution in [3.63, 3.8) is 0 Å². The van der Waals surface area contributed by atoms with E-state index in [-0.39, 0.29) is 11.8 Å². The highest BCUT2D eigenvalue weighted by Gasteiger charge is 2.28. The van der Waals surface area contributed by atoms with Crippen LogP contribution in [-0.2, 0) is 11.8 Å². The van der Waals surface area contributed by atoms with Gasteiger partial charge in [0.25, 0.3) is 0 Å². The Bertz CT molecular complexity index is 963. The van der Waals surface area contributed by atoms with E-state index in [9.17, 15) is 4.79 Å². The number of carbonyl (C=O) groups excluding carboxylic acids is 1. The molecule has 1 atom stereocenters. The van der Waals surface area contributed by atoms with Gasteiger partial charge in [-0.05, 0) is 18.6 Å². The lowest BCUT2D eigenvalue weighted by Crippen LogP contribution is -2.35. The van der Waals surface area contributed by atoms with E-state index >= 15 is 0 Å². The Labute approximate surface area is 145 Å². The number of hydrogen-bond acceptors (Lipinski definition) is 5. The molecule has 0 radical (unpaired) electrons. The van der Waals surface area contributed by atoms with Crippen LogP contribution in [0.3, 0.4) is 0 Å². The van der Waals surface area contributed by atoms with Gasteiger partial charge in [0.1, 0.15) is 11.6 Å². The third-order valence-corrected chi connectivity index (χ3v) is 4.75. The summed E-state index contributed by atoms with van der Waals surface area (Å²) in [6.45, 7) is 2.50. The summed E-state index contributed by atoms with van der Waals surface area (Å²) in [5.74, 6) is 1.70. The monoisotopic (exact) mass is 336 g/mol.